The van der Waals surface area contributed by atoms with Crippen LogP contribution in [-0.2, 0) is 11.3 Å². The molecule has 0 bridgehead atoms. The molecule has 1 amide bonds. The number of amides is 1. The zero-order chi connectivity index (χ0) is 22.3. The van der Waals surface area contributed by atoms with Crippen LogP contribution in [0, 0.1) is 0 Å². The van der Waals surface area contributed by atoms with Gasteiger partial charge in [0.15, 0.2) is 0 Å². The highest BCUT2D eigenvalue weighted by Crippen LogP contribution is 2.22. The van der Waals surface area contributed by atoms with Crippen molar-refractivity contribution in [2.75, 3.05) is 20.3 Å². The van der Waals surface area contributed by atoms with Crippen molar-refractivity contribution in [3.63, 3.8) is 0 Å². The van der Waals surface area contributed by atoms with Crippen LogP contribution in [-0.4, -0.2) is 41.0 Å². The van der Waals surface area contributed by atoms with E-state index >= 15 is 0 Å². The first-order chi connectivity index (χ1) is 15.6. The standard InChI is InChI=1S/C25H23N3O4/c1-31-15-14-28(17-23-26-22-13-6-5-12-21(22)24(29)27-23)25(30)18-8-7-11-20(16-18)32-19-9-3-2-4-10-19/h2-13,16H,14-15,17H2,1H3,(H,26,27,29). The van der Waals surface area contributed by atoms with Gasteiger partial charge in [0.25, 0.3) is 11.5 Å². The minimum absolute atomic E-state index is 0.145. The Balaban J connectivity index is 1.58. The fourth-order valence-corrected chi connectivity index (χ4v) is 3.34. The second-order valence-corrected chi connectivity index (χ2v) is 7.19. The predicted octanol–water partition coefficient (Wildman–Crippen LogP) is 4.00. The van der Waals surface area contributed by atoms with Crippen LogP contribution >= 0.6 is 0 Å². The van der Waals surface area contributed by atoms with Crippen LogP contribution in [0.2, 0.25) is 0 Å². The lowest BCUT2D eigenvalue weighted by Gasteiger charge is -2.22. The maximum atomic E-state index is 13.3. The Hall–Kier alpha value is -3.97. The van der Waals surface area contributed by atoms with Gasteiger partial charge >= 0.3 is 0 Å². The first kappa shape index (κ1) is 21.3. The third-order valence-electron chi connectivity index (χ3n) is 4.91. The first-order valence-corrected chi connectivity index (χ1v) is 10.2. The summed E-state index contributed by atoms with van der Waals surface area (Å²) in [4.78, 5) is 34.6. The van der Waals surface area contributed by atoms with Gasteiger partial charge in [0.05, 0.1) is 24.1 Å². The summed E-state index contributed by atoms with van der Waals surface area (Å²) in [5, 5.41) is 0.511. The molecular formula is C25H23N3O4. The van der Waals surface area contributed by atoms with Crippen molar-refractivity contribution < 1.29 is 14.3 Å². The number of methoxy groups -OCH3 is 1. The number of nitrogens with zero attached hydrogens (tertiary/aromatic N) is 2. The molecule has 3 aromatic carbocycles. The van der Waals surface area contributed by atoms with Crippen molar-refractivity contribution in [2.45, 2.75) is 6.54 Å². The maximum absolute atomic E-state index is 13.3. The van der Waals surface area contributed by atoms with Crippen LogP contribution < -0.4 is 10.3 Å². The van der Waals surface area contributed by atoms with Crippen molar-refractivity contribution in [3.05, 3.63) is 101 Å². The van der Waals surface area contributed by atoms with Crippen LogP contribution in [0.3, 0.4) is 0 Å². The summed E-state index contributed by atoms with van der Waals surface area (Å²) in [6.45, 7) is 0.839. The smallest absolute Gasteiger partial charge is 0.258 e. The lowest BCUT2D eigenvalue weighted by molar-refractivity contribution is 0.0675. The number of H-pyrrole nitrogens is 1. The number of hydrogen-bond donors (Lipinski definition) is 1. The minimum atomic E-state index is -0.233. The van der Waals surface area contributed by atoms with E-state index in [1.807, 2.05) is 36.4 Å². The number of para-hydroxylation sites is 2. The number of hydrogen-bond acceptors (Lipinski definition) is 5. The fraction of sp³-hybridized carbons (Fsp3) is 0.160. The van der Waals surface area contributed by atoms with Gasteiger partial charge in [0.1, 0.15) is 17.3 Å². The highest BCUT2D eigenvalue weighted by atomic mass is 16.5. The largest absolute Gasteiger partial charge is 0.457 e. The molecule has 1 N–H and O–H groups in total. The molecule has 7 heteroatoms. The van der Waals surface area contributed by atoms with Crippen LogP contribution in [0.15, 0.2) is 83.7 Å². The number of nitrogens with one attached hydrogen (secondary N) is 1. The van der Waals surface area contributed by atoms with E-state index in [4.69, 9.17) is 9.47 Å². The molecule has 0 aliphatic rings. The Morgan fingerprint density at radius 2 is 1.72 bits per heavy atom. The Bertz CT molecular complexity index is 1270. The second kappa shape index (κ2) is 9.89. The number of carbonyl (C=O) groups is 1. The highest BCUT2D eigenvalue weighted by Gasteiger charge is 2.18. The highest BCUT2D eigenvalue weighted by molar-refractivity contribution is 5.94. The van der Waals surface area contributed by atoms with Crippen molar-refractivity contribution in [3.8, 4) is 11.5 Å². The fourth-order valence-electron chi connectivity index (χ4n) is 3.34. The van der Waals surface area contributed by atoms with Gasteiger partial charge in [-0.3, -0.25) is 9.59 Å². The molecule has 7 nitrogen and oxygen atoms in total. The number of carbonyl (C=O) groups excluding carboxylic acids is 1. The summed E-state index contributed by atoms with van der Waals surface area (Å²) in [5.74, 6) is 1.45. The van der Waals surface area contributed by atoms with Crippen LogP contribution in [0.25, 0.3) is 10.9 Å². The molecule has 0 aliphatic heterocycles. The zero-order valence-electron chi connectivity index (χ0n) is 17.7. The van der Waals surface area contributed by atoms with Gasteiger partial charge in [0, 0.05) is 19.2 Å². The van der Waals surface area contributed by atoms with Gasteiger partial charge in [-0.15, -0.1) is 0 Å². The van der Waals surface area contributed by atoms with E-state index in [1.165, 1.54) is 0 Å². The molecule has 32 heavy (non-hydrogen) atoms. The van der Waals surface area contributed by atoms with Crippen LogP contribution in [0.5, 0.6) is 11.5 Å². The van der Waals surface area contributed by atoms with E-state index in [0.29, 0.717) is 46.9 Å². The van der Waals surface area contributed by atoms with E-state index < -0.39 is 0 Å². The lowest BCUT2D eigenvalue weighted by Crippen LogP contribution is -2.34. The molecule has 0 atom stereocenters. The molecular weight excluding hydrogens is 406 g/mol. The van der Waals surface area contributed by atoms with Crippen molar-refractivity contribution >= 4 is 16.8 Å². The average Bonchev–Trinajstić information content (AvgIpc) is 2.82. The van der Waals surface area contributed by atoms with E-state index in [2.05, 4.69) is 9.97 Å². The molecule has 4 aromatic rings. The number of aromatic amines is 1. The van der Waals surface area contributed by atoms with Gasteiger partial charge in [-0.05, 0) is 42.5 Å². The van der Waals surface area contributed by atoms with Gasteiger partial charge in [-0.1, -0.05) is 36.4 Å². The summed E-state index contributed by atoms with van der Waals surface area (Å²) in [7, 11) is 1.58. The number of fused-ring (bicyclic) bond motifs is 1. The van der Waals surface area contributed by atoms with Crippen molar-refractivity contribution in [1.82, 2.24) is 14.9 Å². The molecule has 0 saturated heterocycles. The van der Waals surface area contributed by atoms with E-state index in [1.54, 1.807) is 54.5 Å². The molecule has 0 unspecified atom stereocenters. The zero-order valence-corrected chi connectivity index (χ0v) is 17.7. The third-order valence-corrected chi connectivity index (χ3v) is 4.91. The number of benzene rings is 3. The Labute approximate surface area is 185 Å². The quantitative estimate of drug-likeness (QED) is 0.458. The maximum Gasteiger partial charge on any atom is 0.258 e. The Morgan fingerprint density at radius 3 is 2.53 bits per heavy atom. The third kappa shape index (κ3) is 5.01. The summed E-state index contributed by atoms with van der Waals surface area (Å²) in [6, 6.07) is 23.5. The van der Waals surface area contributed by atoms with Gasteiger partial charge in [-0.25, -0.2) is 4.98 Å². The Kier molecular flexibility index (Phi) is 6.57. The molecule has 0 saturated carbocycles. The minimum Gasteiger partial charge on any atom is -0.457 e. The summed E-state index contributed by atoms with van der Waals surface area (Å²) in [5.41, 5.74) is 0.823. The Morgan fingerprint density at radius 1 is 0.969 bits per heavy atom. The number of rotatable bonds is 8. The topological polar surface area (TPSA) is 84.5 Å². The van der Waals surface area contributed by atoms with Gasteiger partial charge in [0.2, 0.25) is 0 Å². The normalized spacial score (nSPS) is 10.8. The summed E-state index contributed by atoms with van der Waals surface area (Å²) in [6.07, 6.45) is 0. The van der Waals surface area contributed by atoms with E-state index in [0.717, 1.165) is 0 Å². The van der Waals surface area contributed by atoms with E-state index in [9.17, 15) is 9.59 Å². The molecule has 4 rings (SSSR count). The van der Waals surface area contributed by atoms with E-state index in [-0.39, 0.29) is 18.0 Å². The molecule has 0 aliphatic carbocycles. The lowest BCUT2D eigenvalue weighted by atomic mass is 10.2. The van der Waals surface area contributed by atoms with Crippen LogP contribution in [0.4, 0.5) is 0 Å². The summed E-state index contributed by atoms with van der Waals surface area (Å²) < 4.78 is 11.0. The second-order valence-electron chi connectivity index (χ2n) is 7.19. The predicted molar refractivity (Wildman–Crippen MR) is 122 cm³/mol. The van der Waals surface area contributed by atoms with Gasteiger partial charge < -0.3 is 19.4 Å². The SMILES string of the molecule is COCCN(Cc1nc2ccccc2c(=O)[nH]1)C(=O)c1cccc(Oc2ccccc2)c1. The van der Waals surface area contributed by atoms with Crippen molar-refractivity contribution in [2.24, 2.45) is 0 Å². The molecule has 1 heterocycles. The number of ether oxygens (including phenoxy) is 2. The monoisotopic (exact) mass is 429 g/mol. The molecule has 1 aromatic heterocycles. The first-order valence-electron chi connectivity index (χ1n) is 10.2. The van der Waals surface area contributed by atoms with Crippen molar-refractivity contribution in [1.29, 1.82) is 0 Å². The molecule has 0 fully saturated rings. The number of aromatic nitrogens is 2. The molecule has 0 spiro atoms. The average molecular weight is 429 g/mol. The summed E-state index contributed by atoms with van der Waals surface area (Å²) >= 11 is 0. The molecule has 162 valence electrons. The van der Waals surface area contributed by atoms with Crippen LogP contribution in [0.1, 0.15) is 16.2 Å². The van der Waals surface area contributed by atoms with Gasteiger partial charge in [-0.2, -0.15) is 0 Å². The molecule has 0 radical (unpaired) electrons.